The second kappa shape index (κ2) is 2.34. The fraction of sp³-hybridized carbons (Fsp3) is 0.625. The molecule has 11 heavy (non-hydrogen) atoms. The Balaban J connectivity index is 2.50. The molecular formula is C8H13N3. The number of aryl methyl sites for hydroxylation is 1. The molecule has 0 saturated carbocycles. The predicted octanol–water partition coefficient (Wildman–Crippen LogP) is 0.374. The normalized spacial score (nSPS) is 16.5. The summed E-state index contributed by atoms with van der Waals surface area (Å²) in [5.74, 6) is 0. The molecule has 1 N–H and O–H groups in total. The molecule has 0 aromatic carbocycles. The Morgan fingerprint density at radius 3 is 3.09 bits per heavy atom. The fourth-order valence-corrected chi connectivity index (χ4v) is 1.61. The molecule has 2 heterocycles. The number of hydrogen-bond acceptors (Lipinski definition) is 2. The van der Waals surface area contributed by atoms with Crippen LogP contribution in [0.4, 0.5) is 0 Å². The topological polar surface area (TPSA) is 29.9 Å². The van der Waals surface area contributed by atoms with E-state index in [-0.39, 0.29) is 0 Å². The van der Waals surface area contributed by atoms with Crippen molar-refractivity contribution in [2.75, 3.05) is 6.54 Å². The zero-order valence-electron chi connectivity index (χ0n) is 7.02. The smallest absolute Gasteiger partial charge is 0.0797 e. The third-order valence-corrected chi connectivity index (χ3v) is 2.39. The van der Waals surface area contributed by atoms with Crippen molar-refractivity contribution in [1.29, 1.82) is 0 Å². The maximum atomic E-state index is 4.40. The van der Waals surface area contributed by atoms with Crippen molar-refractivity contribution in [3.8, 4) is 0 Å². The van der Waals surface area contributed by atoms with Crippen LogP contribution < -0.4 is 5.32 Å². The Bertz CT molecular complexity index is 275. The molecular weight excluding hydrogens is 138 g/mol. The van der Waals surface area contributed by atoms with Crippen molar-refractivity contribution in [1.82, 2.24) is 15.1 Å². The van der Waals surface area contributed by atoms with Gasteiger partial charge in [0.15, 0.2) is 0 Å². The van der Waals surface area contributed by atoms with Gasteiger partial charge in [0.1, 0.15) is 0 Å². The van der Waals surface area contributed by atoms with E-state index in [1.807, 2.05) is 11.7 Å². The van der Waals surface area contributed by atoms with Crippen LogP contribution in [-0.2, 0) is 20.0 Å². The molecule has 3 heteroatoms. The van der Waals surface area contributed by atoms with Gasteiger partial charge in [0.2, 0.25) is 0 Å². The van der Waals surface area contributed by atoms with E-state index in [1.54, 1.807) is 0 Å². The highest BCUT2D eigenvalue weighted by molar-refractivity contribution is 5.27. The molecule has 1 aliphatic heterocycles. The monoisotopic (exact) mass is 151 g/mol. The van der Waals surface area contributed by atoms with Crippen LogP contribution >= 0.6 is 0 Å². The summed E-state index contributed by atoms with van der Waals surface area (Å²) in [7, 11) is 2.01. The number of fused-ring (bicyclic) bond motifs is 1. The third kappa shape index (κ3) is 0.959. The average molecular weight is 151 g/mol. The lowest BCUT2D eigenvalue weighted by Gasteiger charge is -2.10. The lowest BCUT2D eigenvalue weighted by Crippen LogP contribution is -2.23. The summed E-state index contributed by atoms with van der Waals surface area (Å²) in [6.45, 7) is 4.17. The van der Waals surface area contributed by atoms with Gasteiger partial charge in [-0.05, 0) is 25.5 Å². The minimum Gasteiger partial charge on any atom is -0.311 e. The van der Waals surface area contributed by atoms with Gasteiger partial charge in [0, 0.05) is 19.3 Å². The number of aromatic nitrogens is 2. The van der Waals surface area contributed by atoms with Crippen LogP contribution in [0.25, 0.3) is 0 Å². The van der Waals surface area contributed by atoms with E-state index < -0.39 is 0 Å². The Labute approximate surface area is 66.4 Å². The van der Waals surface area contributed by atoms with Crippen molar-refractivity contribution in [3.63, 3.8) is 0 Å². The highest BCUT2D eigenvalue weighted by atomic mass is 15.3. The van der Waals surface area contributed by atoms with Gasteiger partial charge in [-0.15, -0.1) is 0 Å². The molecule has 0 bridgehead atoms. The molecule has 0 unspecified atom stereocenters. The Hall–Kier alpha value is -0.830. The van der Waals surface area contributed by atoms with Crippen LogP contribution in [-0.4, -0.2) is 16.3 Å². The molecule has 3 nitrogen and oxygen atoms in total. The van der Waals surface area contributed by atoms with Crippen molar-refractivity contribution in [3.05, 3.63) is 17.0 Å². The molecule has 0 saturated heterocycles. The van der Waals surface area contributed by atoms with Crippen LogP contribution in [0.2, 0.25) is 0 Å². The van der Waals surface area contributed by atoms with Gasteiger partial charge in [0.25, 0.3) is 0 Å². The summed E-state index contributed by atoms with van der Waals surface area (Å²) < 4.78 is 1.97. The molecule has 60 valence electrons. The molecule has 0 atom stereocenters. The van der Waals surface area contributed by atoms with E-state index >= 15 is 0 Å². The van der Waals surface area contributed by atoms with Gasteiger partial charge in [-0.25, -0.2) is 0 Å². The summed E-state index contributed by atoms with van der Waals surface area (Å²) in [4.78, 5) is 0. The van der Waals surface area contributed by atoms with E-state index in [0.29, 0.717) is 0 Å². The quantitative estimate of drug-likeness (QED) is 0.580. The number of nitrogens with zero attached hydrogens (tertiary/aromatic N) is 2. The molecule has 1 aromatic rings. The largest absolute Gasteiger partial charge is 0.311 e. The predicted molar refractivity (Wildman–Crippen MR) is 43.4 cm³/mol. The second-order valence-corrected chi connectivity index (χ2v) is 3.06. The van der Waals surface area contributed by atoms with Crippen LogP contribution in [0.1, 0.15) is 17.0 Å². The first-order valence-electron chi connectivity index (χ1n) is 4.01. The first-order chi connectivity index (χ1) is 5.29. The molecule has 1 aliphatic rings. The third-order valence-electron chi connectivity index (χ3n) is 2.39. The Kier molecular flexibility index (Phi) is 1.46. The Morgan fingerprint density at radius 2 is 2.36 bits per heavy atom. The van der Waals surface area contributed by atoms with E-state index in [0.717, 1.165) is 19.5 Å². The van der Waals surface area contributed by atoms with Crippen molar-refractivity contribution in [2.45, 2.75) is 19.9 Å². The number of rotatable bonds is 0. The summed E-state index contributed by atoms with van der Waals surface area (Å²) >= 11 is 0. The minimum absolute atomic E-state index is 0.941. The van der Waals surface area contributed by atoms with Crippen LogP contribution in [0.5, 0.6) is 0 Å². The standard InChI is InChI=1S/C8H13N3/c1-6-7-3-4-9-5-8(7)10-11(6)2/h9H,3-5H2,1-2H3. The lowest BCUT2D eigenvalue weighted by molar-refractivity contribution is 0.625. The minimum atomic E-state index is 0.941. The fourth-order valence-electron chi connectivity index (χ4n) is 1.61. The van der Waals surface area contributed by atoms with Crippen LogP contribution in [0.15, 0.2) is 0 Å². The zero-order chi connectivity index (χ0) is 7.84. The van der Waals surface area contributed by atoms with Crippen LogP contribution in [0.3, 0.4) is 0 Å². The maximum Gasteiger partial charge on any atom is 0.0797 e. The highest BCUT2D eigenvalue weighted by Crippen LogP contribution is 2.15. The van der Waals surface area contributed by atoms with Crippen molar-refractivity contribution < 1.29 is 0 Å². The maximum absolute atomic E-state index is 4.40. The van der Waals surface area contributed by atoms with Gasteiger partial charge in [-0.3, -0.25) is 4.68 Å². The van der Waals surface area contributed by atoms with Gasteiger partial charge in [-0.2, -0.15) is 5.10 Å². The van der Waals surface area contributed by atoms with E-state index in [4.69, 9.17) is 0 Å². The van der Waals surface area contributed by atoms with Gasteiger partial charge in [-0.1, -0.05) is 0 Å². The Morgan fingerprint density at radius 1 is 1.55 bits per heavy atom. The molecule has 0 fully saturated rings. The lowest BCUT2D eigenvalue weighted by atomic mass is 10.1. The SMILES string of the molecule is Cc1c2c(nn1C)CNCC2. The first-order valence-corrected chi connectivity index (χ1v) is 4.01. The van der Waals surface area contributed by atoms with Gasteiger partial charge in [0.05, 0.1) is 5.69 Å². The van der Waals surface area contributed by atoms with E-state index in [2.05, 4.69) is 17.3 Å². The number of nitrogens with one attached hydrogen (secondary N) is 1. The summed E-state index contributed by atoms with van der Waals surface area (Å²) in [6.07, 6.45) is 1.13. The number of hydrogen-bond donors (Lipinski definition) is 1. The summed E-state index contributed by atoms with van der Waals surface area (Å²) in [6, 6.07) is 0. The molecule has 0 spiro atoms. The summed E-state index contributed by atoms with van der Waals surface area (Å²) in [5.41, 5.74) is 4.00. The van der Waals surface area contributed by atoms with Gasteiger partial charge < -0.3 is 5.32 Å². The molecule has 0 aliphatic carbocycles. The molecule has 0 radical (unpaired) electrons. The average Bonchev–Trinajstić information content (AvgIpc) is 2.30. The highest BCUT2D eigenvalue weighted by Gasteiger charge is 2.15. The second-order valence-electron chi connectivity index (χ2n) is 3.06. The van der Waals surface area contributed by atoms with E-state index in [9.17, 15) is 0 Å². The van der Waals surface area contributed by atoms with E-state index in [1.165, 1.54) is 17.0 Å². The van der Waals surface area contributed by atoms with Crippen molar-refractivity contribution in [2.24, 2.45) is 7.05 Å². The molecule has 1 aromatic heterocycles. The van der Waals surface area contributed by atoms with Crippen molar-refractivity contribution >= 4 is 0 Å². The summed E-state index contributed by atoms with van der Waals surface area (Å²) in [5, 5.41) is 7.71. The van der Waals surface area contributed by atoms with Crippen LogP contribution in [0, 0.1) is 6.92 Å². The zero-order valence-corrected chi connectivity index (χ0v) is 7.02. The molecule has 0 amide bonds. The van der Waals surface area contributed by atoms with Gasteiger partial charge >= 0.3 is 0 Å². The first kappa shape index (κ1) is 6.85. The molecule has 2 rings (SSSR count).